The highest BCUT2D eigenvalue weighted by molar-refractivity contribution is 14.0. The van der Waals surface area contributed by atoms with E-state index in [1.165, 1.54) is 10.9 Å². The average molecular weight is 540 g/mol. The van der Waals surface area contributed by atoms with Crippen LogP contribution in [0.25, 0.3) is 10.9 Å². The molecule has 7 nitrogen and oxygen atoms in total. The molecule has 0 spiro atoms. The van der Waals surface area contributed by atoms with E-state index in [1.807, 2.05) is 24.3 Å². The number of H-pyrrole nitrogens is 1. The summed E-state index contributed by atoms with van der Waals surface area (Å²) in [5.74, 6) is 1.77. The van der Waals surface area contributed by atoms with Crippen LogP contribution < -0.4 is 10.2 Å². The summed E-state index contributed by atoms with van der Waals surface area (Å²) in [7, 11) is 0. The summed E-state index contributed by atoms with van der Waals surface area (Å²) in [5, 5.41) is 5.37. The number of aromatic amines is 1. The first-order chi connectivity index (χ1) is 14.2. The van der Waals surface area contributed by atoms with Crippen LogP contribution in [-0.4, -0.2) is 65.1 Å². The molecule has 1 aliphatic heterocycles. The highest BCUT2D eigenvalue weighted by atomic mass is 127. The molecule has 0 bridgehead atoms. The first kappa shape index (κ1) is 22.6. The predicted octanol–water partition coefficient (Wildman–Crippen LogP) is 3.56. The van der Waals surface area contributed by atoms with Crippen LogP contribution in [0.15, 0.2) is 47.8 Å². The predicted molar refractivity (Wildman–Crippen MR) is 134 cm³/mol. The maximum Gasteiger partial charge on any atom is 0.225 e. The van der Waals surface area contributed by atoms with Crippen molar-refractivity contribution >= 4 is 58.4 Å². The molecule has 0 saturated carbocycles. The van der Waals surface area contributed by atoms with Gasteiger partial charge in [0, 0.05) is 73.8 Å². The molecule has 1 fully saturated rings. The second-order valence-electron chi connectivity index (χ2n) is 7.01. The first-order valence-electron chi connectivity index (χ1n) is 10.1. The van der Waals surface area contributed by atoms with Crippen molar-refractivity contribution in [3.8, 4) is 0 Å². The minimum Gasteiger partial charge on any atom is -0.361 e. The number of guanidine groups is 1. The summed E-state index contributed by atoms with van der Waals surface area (Å²) in [4.78, 5) is 21.4. The Morgan fingerprint density at radius 1 is 1.20 bits per heavy atom. The number of rotatable bonds is 5. The van der Waals surface area contributed by atoms with Gasteiger partial charge in [0.05, 0.1) is 0 Å². The number of aromatic nitrogens is 3. The minimum atomic E-state index is 0. The van der Waals surface area contributed by atoms with Crippen molar-refractivity contribution in [3.05, 3.63) is 53.4 Å². The fourth-order valence-electron chi connectivity index (χ4n) is 3.64. The summed E-state index contributed by atoms with van der Waals surface area (Å²) in [5.41, 5.74) is 2.35. The van der Waals surface area contributed by atoms with Gasteiger partial charge in [-0.2, -0.15) is 0 Å². The molecule has 0 atom stereocenters. The highest BCUT2D eigenvalue weighted by Crippen LogP contribution is 2.22. The number of nitrogens with one attached hydrogen (secondary N) is 2. The smallest absolute Gasteiger partial charge is 0.225 e. The van der Waals surface area contributed by atoms with E-state index >= 15 is 0 Å². The maximum absolute atomic E-state index is 6.16. The lowest BCUT2D eigenvalue weighted by Gasteiger charge is -2.36. The molecule has 0 aliphatic carbocycles. The van der Waals surface area contributed by atoms with Crippen molar-refractivity contribution in [3.63, 3.8) is 0 Å². The monoisotopic (exact) mass is 539 g/mol. The molecule has 2 aromatic heterocycles. The first-order valence-corrected chi connectivity index (χ1v) is 10.4. The van der Waals surface area contributed by atoms with Crippen LogP contribution in [0.1, 0.15) is 12.5 Å². The van der Waals surface area contributed by atoms with E-state index in [0.29, 0.717) is 0 Å². The van der Waals surface area contributed by atoms with Gasteiger partial charge in [-0.05, 0) is 43.2 Å². The molecule has 9 heteroatoms. The Morgan fingerprint density at radius 2 is 1.97 bits per heavy atom. The second-order valence-corrected chi connectivity index (χ2v) is 7.45. The van der Waals surface area contributed by atoms with E-state index in [-0.39, 0.29) is 24.0 Å². The second kappa shape index (κ2) is 10.8. The molecule has 2 N–H and O–H groups in total. The van der Waals surface area contributed by atoms with Gasteiger partial charge in [-0.3, -0.25) is 4.99 Å². The fourth-order valence-corrected chi connectivity index (χ4v) is 3.81. The van der Waals surface area contributed by atoms with E-state index in [0.717, 1.165) is 68.1 Å². The van der Waals surface area contributed by atoms with Crippen molar-refractivity contribution in [2.45, 2.75) is 13.3 Å². The van der Waals surface area contributed by atoms with Crippen LogP contribution in [0.2, 0.25) is 5.02 Å². The van der Waals surface area contributed by atoms with Gasteiger partial charge in [-0.25, -0.2) is 9.97 Å². The third-order valence-corrected chi connectivity index (χ3v) is 5.36. The largest absolute Gasteiger partial charge is 0.361 e. The molecule has 1 saturated heterocycles. The van der Waals surface area contributed by atoms with Crippen LogP contribution in [0.3, 0.4) is 0 Å². The van der Waals surface area contributed by atoms with Gasteiger partial charge in [-0.15, -0.1) is 24.0 Å². The van der Waals surface area contributed by atoms with Crippen LogP contribution in [0.4, 0.5) is 5.95 Å². The molecular weight excluding hydrogens is 513 g/mol. The molecule has 30 heavy (non-hydrogen) atoms. The number of halogens is 2. The Labute approximate surface area is 199 Å². The Kier molecular flexibility index (Phi) is 8.15. The van der Waals surface area contributed by atoms with Crippen molar-refractivity contribution in [1.82, 2.24) is 25.2 Å². The summed E-state index contributed by atoms with van der Waals surface area (Å²) in [6.07, 6.45) is 6.51. The molecule has 160 valence electrons. The van der Waals surface area contributed by atoms with Gasteiger partial charge < -0.3 is 20.1 Å². The van der Waals surface area contributed by atoms with Gasteiger partial charge in [0.2, 0.25) is 5.95 Å². The van der Waals surface area contributed by atoms with Crippen molar-refractivity contribution in [2.24, 2.45) is 4.99 Å². The average Bonchev–Trinajstić information content (AvgIpc) is 3.16. The van der Waals surface area contributed by atoms with Gasteiger partial charge in [-0.1, -0.05) is 11.6 Å². The van der Waals surface area contributed by atoms with Gasteiger partial charge in [0.25, 0.3) is 0 Å². The van der Waals surface area contributed by atoms with Crippen LogP contribution in [0.5, 0.6) is 0 Å². The number of benzene rings is 1. The molecule has 0 radical (unpaired) electrons. The van der Waals surface area contributed by atoms with Crippen molar-refractivity contribution in [2.75, 3.05) is 44.2 Å². The number of hydrogen-bond acceptors (Lipinski definition) is 4. The lowest BCUT2D eigenvalue weighted by atomic mass is 10.1. The molecule has 1 aromatic carbocycles. The maximum atomic E-state index is 6.16. The number of hydrogen-bond donors (Lipinski definition) is 2. The van der Waals surface area contributed by atoms with E-state index < -0.39 is 0 Å². The summed E-state index contributed by atoms with van der Waals surface area (Å²) >= 11 is 6.16. The molecule has 3 heterocycles. The van der Waals surface area contributed by atoms with Crippen LogP contribution >= 0.6 is 35.6 Å². The van der Waals surface area contributed by atoms with Crippen LogP contribution in [0, 0.1) is 0 Å². The molecule has 3 aromatic rings. The van der Waals surface area contributed by atoms with E-state index in [1.54, 1.807) is 12.4 Å². The quantitative estimate of drug-likeness (QED) is 0.295. The van der Waals surface area contributed by atoms with Gasteiger partial charge in [0.1, 0.15) is 0 Å². The van der Waals surface area contributed by atoms with E-state index in [9.17, 15) is 0 Å². The van der Waals surface area contributed by atoms with Gasteiger partial charge in [0.15, 0.2) is 5.96 Å². The molecule has 0 unspecified atom stereocenters. The lowest BCUT2D eigenvalue weighted by Crippen LogP contribution is -2.53. The number of fused-ring (bicyclic) bond motifs is 1. The summed E-state index contributed by atoms with van der Waals surface area (Å²) < 4.78 is 0. The van der Waals surface area contributed by atoms with Crippen molar-refractivity contribution in [1.29, 1.82) is 0 Å². The lowest BCUT2D eigenvalue weighted by molar-refractivity contribution is 0.370. The third-order valence-electron chi connectivity index (χ3n) is 5.12. The SMILES string of the molecule is CCNC(=NCCc1c[nH]c2ccc(Cl)cc12)N1CCN(c2ncccn2)CC1.I. The molecule has 1 aliphatic rings. The Hall–Kier alpha value is -2.07. The van der Waals surface area contributed by atoms with E-state index in [2.05, 4.69) is 43.2 Å². The number of piperazine rings is 1. The van der Waals surface area contributed by atoms with E-state index in [4.69, 9.17) is 16.6 Å². The number of aliphatic imine (C=N–C) groups is 1. The van der Waals surface area contributed by atoms with Gasteiger partial charge >= 0.3 is 0 Å². The Bertz CT molecular complexity index is 968. The zero-order chi connectivity index (χ0) is 20.1. The standard InChI is InChI=1S/C21H26ClN7.HI/c1-2-23-20(28-10-12-29(13-11-28)21-24-7-3-8-25-21)26-9-6-16-15-27-19-5-4-17(22)14-18(16)19;/h3-5,7-8,14-15,27H,2,6,9-13H2,1H3,(H,23,26);1H. The summed E-state index contributed by atoms with van der Waals surface area (Å²) in [6.45, 7) is 7.24. The Morgan fingerprint density at radius 3 is 2.70 bits per heavy atom. The minimum absolute atomic E-state index is 0. The molecule has 4 rings (SSSR count). The fraction of sp³-hybridized carbons (Fsp3) is 0.381. The molecule has 0 amide bonds. The normalized spacial score (nSPS) is 14.7. The number of anilines is 1. The third kappa shape index (κ3) is 5.34. The zero-order valence-electron chi connectivity index (χ0n) is 17.0. The highest BCUT2D eigenvalue weighted by Gasteiger charge is 2.21. The van der Waals surface area contributed by atoms with Crippen molar-refractivity contribution < 1.29 is 0 Å². The Balaban J connectivity index is 0.00000256. The topological polar surface area (TPSA) is 72.4 Å². The molecular formula is C21H27ClIN7. The zero-order valence-corrected chi connectivity index (χ0v) is 20.1. The summed E-state index contributed by atoms with van der Waals surface area (Å²) in [6, 6.07) is 7.79. The van der Waals surface area contributed by atoms with Crippen LogP contribution in [-0.2, 0) is 6.42 Å². The number of nitrogens with zero attached hydrogens (tertiary/aromatic N) is 5.